The molecule has 0 aliphatic rings. The molecule has 7 heteroatoms. The maximum atomic E-state index is 11.0. The van der Waals surface area contributed by atoms with Crippen molar-refractivity contribution < 1.29 is 9.53 Å². The van der Waals surface area contributed by atoms with Crippen LogP contribution in [0.3, 0.4) is 0 Å². The van der Waals surface area contributed by atoms with E-state index >= 15 is 0 Å². The summed E-state index contributed by atoms with van der Waals surface area (Å²) in [4.78, 5) is 15.3. The summed E-state index contributed by atoms with van der Waals surface area (Å²) in [5.41, 5.74) is 6.82. The highest BCUT2D eigenvalue weighted by atomic mass is 35.5. The molecule has 0 aliphatic carbocycles. The lowest BCUT2D eigenvalue weighted by Gasteiger charge is -2.16. The third-order valence-electron chi connectivity index (χ3n) is 3.59. The highest BCUT2D eigenvalue weighted by molar-refractivity contribution is 6.35. The molecule has 134 valence electrons. The molecule has 5 nitrogen and oxygen atoms in total. The van der Waals surface area contributed by atoms with Crippen molar-refractivity contribution in [1.82, 2.24) is 5.32 Å². The molecule has 0 amide bonds. The number of carbonyl (C=O) groups excluding carboxylic acids is 1. The lowest BCUT2D eigenvalue weighted by molar-refractivity contribution is -0.140. The van der Waals surface area contributed by atoms with E-state index in [0.717, 1.165) is 31.2 Å². The molecule has 1 aromatic rings. The molecule has 0 spiro atoms. The number of halogens is 2. The molecule has 0 aliphatic heterocycles. The van der Waals surface area contributed by atoms with Crippen LogP contribution in [0.5, 0.6) is 0 Å². The van der Waals surface area contributed by atoms with Gasteiger partial charge in [-0.05, 0) is 37.5 Å². The number of aliphatic imine (C=N–C) groups is 1. The fourth-order valence-electron chi connectivity index (χ4n) is 2.23. The van der Waals surface area contributed by atoms with Crippen LogP contribution in [-0.4, -0.2) is 25.6 Å². The highest BCUT2D eigenvalue weighted by Gasteiger charge is 2.10. The van der Waals surface area contributed by atoms with Crippen LogP contribution in [0.1, 0.15) is 50.6 Å². The Morgan fingerprint density at radius 1 is 1.29 bits per heavy atom. The number of nitrogens with zero attached hydrogens (tertiary/aromatic N) is 1. The Bertz CT molecular complexity index is 565. The Morgan fingerprint density at radius 3 is 2.67 bits per heavy atom. The SMILES string of the molecule is COC(=O)CCCCCCN=C(N)NC(C)c1ccc(Cl)cc1Cl. The predicted molar refractivity (Wildman–Crippen MR) is 99.6 cm³/mol. The van der Waals surface area contributed by atoms with Gasteiger partial charge in [-0.1, -0.05) is 42.1 Å². The molecule has 0 heterocycles. The number of esters is 1. The summed E-state index contributed by atoms with van der Waals surface area (Å²) in [7, 11) is 1.41. The Kier molecular flexibility index (Phi) is 9.57. The van der Waals surface area contributed by atoms with E-state index in [-0.39, 0.29) is 12.0 Å². The second-order valence-corrected chi connectivity index (χ2v) is 6.38. The van der Waals surface area contributed by atoms with Crippen molar-refractivity contribution in [3.63, 3.8) is 0 Å². The minimum atomic E-state index is -0.156. The van der Waals surface area contributed by atoms with Gasteiger partial charge in [-0.3, -0.25) is 9.79 Å². The molecule has 3 N–H and O–H groups in total. The average molecular weight is 374 g/mol. The minimum Gasteiger partial charge on any atom is -0.469 e. The number of unbranched alkanes of at least 4 members (excludes halogenated alkanes) is 3. The normalized spacial score (nSPS) is 12.8. The van der Waals surface area contributed by atoms with Crippen molar-refractivity contribution >= 4 is 35.1 Å². The Morgan fingerprint density at radius 2 is 2.00 bits per heavy atom. The summed E-state index contributed by atoms with van der Waals surface area (Å²) in [5.74, 6) is 0.236. The first-order valence-corrected chi connectivity index (χ1v) is 8.78. The summed E-state index contributed by atoms with van der Waals surface area (Å²) < 4.78 is 4.60. The number of carbonyl (C=O) groups is 1. The van der Waals surface area contributed by atoms with Gasteiger partial charge in [0.2, 0.25) is 0 Å². The predicted octanol–water partition coefficient (Wildman–Crippen LogP) is 4.08. The zero-order valence-corrected chi connectivity index (χ0v) is 15.7. The van der Waals surface area contributed by atoms with Crippen LogP contribution in [0, 0.1) is 0 Å². The van der Waals surface area contributed by atoms with E-state index in [1.807, 2.05) is 13.0 Å². The lowest BCUT2D eigenvalue weighted by atomic mass is 10.1. The van der Waals surface area contributed by atoms with Gasteiger partial charge in [-0.15, -0.1) is 0 Å². The quantitative estimate of drug-likeness (QED) is 0.296. The van der Waals surface area contributed by atoms with Gasteiger partial charge in [0.05, 0.1) is 13.2 Å². The van der Waals surface area contributed by atoms with E-state index < -0.39 is 0 Å². The van der Waals surface area contributed by atoms with Crippen LogP contribution in [0.2, 0.25) is 10.0 Å². The number of benzene rings is 1. The summed E-state index contributed by atoms with van der Waals surface area (Å²) in [6.45, 7) is 2.61. The zero-order valence-electron chi connectivity index (χ0n) is 14.1. The van der Waals surface area contributed by atoms with Crippen LogP contribution in [-0.2, 0) is 9.53 Å². The van der Waals surface area contributed by atoms with Crippen LogP contribution in [0.15, 0.2) is 23.2 Å². The molecule has 0 saturated heterocycles. The number of rotatable bonds is 9. The van der Waals surface area contributed by atoms with Gasteiger partial charge < -0.3 is 15.8 Å². The fraction of sp³-hybridized carbons (Fsp3) is 0.529. The van der Waals surface area contributed by atoms with E-state index in [1.165, 1.54) is 7.11 Å². The standard InChI is InChI=1S/C17H25Cl2N3O2/c1-12(14-9-8-13(18)11-15(14)19)22-17(20)21-10-6-4-3-5-7-16(23)24-2/h8-9,11-12H,3-7,10H2,1-2H3,(H3,20,21,22). The number of hydrogen-bond acceptors (Lipinski definition) is 3. The van der Waals surface area contributed by atoms with Crippen molar-refractivity contribution in [3.8, 4) is 0 Å². The van der Waals surface area contributed by atoms with Crippen LogP contribution >= 0.6 is 23.2 Å². The first-order valence-electron chi connectivity index (χ1n) is 8.02. The molecule has 0 saturated carbocycles. The molecule has 1 rings (SSSR count). The van der Waals surface area contributed by atoms with Gasteiger partial charge in [-0.25, -0.2) is 0 Å². The molecule has 0 aromatic heterocycles. The highest BCUT2D eigenvalue weighted by Crippen LogP contribution is 2.25. The van der Waals surface area contributed by atoms with Crippen molar-refractivity contribution in [3.05, 3.63) is 33.8 Å². The summed E-state index contributed by atoms with van der Waals surface area (Å²) in [6.07, 6.45) is 4.24. The van der Waals surface area contributed by atoms with Crippen molar-refractivity contribution in [2.24, 2.45) is 10.7 Å². The molecular formula is C17H25Cl2N3O2. The average Bonchev–Trinajstić information content (AvgIpc) is 2.53. The first kappa shape index (κ1) is 20.6. The van der Waals surface area contributed by atoms with E-state index in [0.29, 0.717) is 29.0 Å². The summed E-state index contributed by atoms with van der Waals surface area (Å²) in [5, 5.41) is 4.32. The largest absolute Gasteiger partial charge is 0.469 e. The molecule has 1 unspecified atom stereocenters. The van der Waals surface area contributed by atoms with Crippen molar-refractivity contribution in [2.75, 3.05) is 13.7 Å². The number of guanidine groups is 1. The number of nitrogens with two attached hydrogens (primary N) is 1. The van der Waals surface area contributed by atoms with Crippen molar-refractivity contribution in [1.29, 1.82) is 0 Å². The summed E-state index contributed by atoms with van der Waals surface area (Å²) >= 11 is 12.1. The zero-order chi connectivity index (χ0) is 17.9. The number of hydrogen-bond donors (Lipinski definition) is 2. The Labute approximate surface area is 153 Å². The molecule has 1 atom stereocenters. The number of methoxy groups -OCH3 is 1. The van der Waals surface area contributed by atoms with E-state index in [2.05, 4.69) is 15.0 Å². The van der Waals surface area contributed by atoms with Gasteiger partial charge in [-0.2, -0.15) is 0 Å². The lowest BCUT2D eigenvalue weighted by Crippen LogP contribution is -2.34. The molecular weight excluding hydrogens is 349 g/mol. The van der Waals surface area contributed by atoms with E-state index in [1.54, 1.807) is 12.1 Å². The van der Waals surface area contributed by atoms with Crippen LogP contribution in [0.4, 0.5) is 0 Å². The van der Waals surface area contributed by atoms with Crippen molar-refractivity contribution in [2.45, 2.75) is 45.1 Å². The molecule has 0 radical (unpaired) electrons. The maximum absolute atomic E-state index is 11.0. The van der Waals surface area contributed by atoms with Gasteiger partial charge in [0, 0.05) is 23.0 Å². The second-order valence-electron chi connectivity index (χ2n) is 5.54. The smallest absolute Gasteiger partial charge is 0.305 e. The van der Waals surface area contributed by atoms with E-state index in [4.69, 9.17) is 28.9 Å². The van der Waals surface area contributed by atoms with Crippen LogP contribution in [0.25, 0.3) is 0 Å². The third kappa shape index (κ3) is 7.88. The molecule has 0 fully saturated rings. The maximum Gasteiger partial charge on any atom is 0.305 e. The third-order valence-corrected chi connectivity index (χ3v) is 4.15. The minimum absolute atomic E-state index is 0.0569. The Balaban J connectivity index is 2.27. The number of ether oxygens (including phenoxy) is 1. The fourth-order valence-corrected chi connectivity index (χ4v) is 2.81. The molecule has 1 aromatic carbocycles. The second kappa shape index (κ2) is 11.2. The monoisotopic (exact) mass is 373 g/mol. The van der Waals surface area contributed by atoms with Gasteiger partial charge in [0.1, 0.15) is 0 Å². The van der Waals surface area contributed by atoms with E-state index in [9.17, 15) is 4.79 Å². The van der Waals surface area contributed by atoms with Gasteiger partial charge in [0.15, 0.2) is 5.96 Å². The van der Waals surface area contributed by atoms with Crippen LogP contribution < -0.4 is 11.1 Å². The molecule has 0 bridgehead atoms. The summed E-state index contributed by atoms with van der Waals surface area (Å²) in [6, 6.07) is 5.32. The Hall–Kier alpha value is -1.46. The first-order chi connectivity index (χ1) is 11.4. The molecule has 24 heavy (non-hydrogen) atoms. The van der Waals surface area contributed by atoms with Gasteiger partial charge in [0.25, 0.3) is 0 Å². The van der Waals surface area contributed by atoms with Gasteiger partial charge >= 0.3 is 5.97 Å². The number of nitrogens with one attached hydrogen (secondary N) is 1. The topological polar surface area (TPSA) is 76.7 Å².